The highest BCUT2D eigenvalue weighted by Gasteiger charge is 2.58. The lowest BCUT2D eigenvalue weighted by atomic mass is 9.79. The topological polar surface area (TPSA) is 88.2 Å². The van der Waals surface area contributed by atoms with Crippen molar-refractivity contribution in [3.63, 3.8) is 0 Å². The summed E-state index contributed by atoms with van der Waals surface area (Å²) in [6.45, 7) is 3.56. The summed E-state index contributed by atoms with van der Waals surface area (Å²) in [6.07, 6.45) is 0. The highest BCUT2D eigenvalue weighted by molar-refractivity contribution is 5.92. The van der Waals surface area contributed by atoms with Crippen LogP contribution in [0.1, 0.15) is 41.6 Å². The lowest BCUT2D eigenvalue weighted by Crippen LogP contribution is -2.55. The van der Waals surface area contributed by atoms with E-state index in [4.69, 9.17) is 9.47 Å². The van der Waals surface area contributed by atoms with Gasteiger partial charge in [0.2, 0.25) is 5.91 Å². The van der Waals surface area contributed by atoms with Crippen molar-refractivity contribution in [3.05, 3.63) is 108 Å². The molecule has 5 rings (SSSR count). The lowest BCUT2D eigenvalue weighted by Gasteiger charge is -2.37. The van der Waals surface area contributed by atoms with Gasteiger partial charge in [0.25, 0.3) is 0 Å². The molecule has 40 heavy (non-hydrogen) atoms. The minimum absolute atomic E-state index is 0.294. The van der Waals surface area contributed by atoms with E-state index in [0.29, 0.717) is 26.3 Å². The number of ether oxygens (including phenoxy) is 2. The summed E-state index contributed by atoms with van der Waals surface area (Å²) < 4.78 is 10.8. The van der Waals surface area contributed by atoms with Gasteiger partial charge in [0.15, 0.2) is 0 Å². The second-order valence-electron chi connectivity index (χ2n) is 10.2. The van der Waals surface area contributed by atoms with Crippen molar-refractivity contribution in [1.29, 1.82) is 0 Å². The van der Waals surface area contributed by atoms with Crippen molar-refractivity contribution < 1.29 is 23.9 Å². The van der Waals surface area contributed by atoms with Crippen LogP contribution < -0.4 is 5.32 Å². The van der Waals surface area contributed by atoms with Crippen LogP contribution in [-0.2, 0) is 19.1 Å². The van der Waals surface area contributed by atoms with Gasteiger partial charge < -0.3 is 24.6 Å². The highest BCUT2D eigenvalue weighted by atomic mass is 16.5. The fourth-order valence-corrected chi connectivity index (χ4v) is 5.98. The minimum atomic E-state index is -0.960. The third kappa shape index (κ3) is 5.45. The number of hydrogen-bond donors (Lipinski definition) is 1. The van der Waals surface area contributed by atoms with Gasteiger partial charge in [-0.05, 0) is 23.6 Å². The predicted molar refractivity (Wildman–Crippen MR) is 150 cm³/mol. The first kappa shape index (κ1) is 27.4. The van der Waals surface area contributed by atoms with E-state index in [9.17, 15) is 14.4 Å². The largest absolute Gasteiger partial charge is 0.469 e. The van der Waals surface area contributed by atoms with Crippen molar-refractivity contribution in [2.75, 3.05) is 33.4 Å². The minimum Gasteiger partial charge on any atom is -0.469 e. The Morgan fingerprint density at radius 3 is 1.98 bits per heavy atom. The maximum Gasteiger partial charge on any atom is 0.321 e. The molecule has 2 saturated heterocycles. The van der Waals surface area contributed by atoms with E-state index in [0.717, 1.165) is 16.7 Å². The van der Waals surface area contributed by atoms with Crippen LogP contribution in [0.4, 0.5) is 4.79 Å². The third-order valence-corrected chi connectivity index (χ3v) is 7.89. The zero-order valence-corrected chi connectivity index (χ0v) is 22.8. The quantitative estimate of drug-likeness (QED) is 0.470. The molecule has 8 heteroatoms. The fourth-order valence-electron chi connectivity index (χ4n) is 5.98. The summed E-state index contributed by atoms with van der Waals surface area (Å²) in [5, 5.41) is 3.15. The number of carbonyl (C=O) groups excluding carboxylic acids is 3. The van der Waals surface area contributed by atoms with Crippen LogP contribution in [0, 0.1) is 5.92 Å². The summed E-state index contributed by atoms with van der Waals surface area (Å²) in [5.41, 5.74) is 2.51. The first-order chi connectivity index (χ1) is 19.5. The van der Waals surface area contributed by atoms with Crippen molar-refractivity contribution in [2.24, 2.45) is 5.92 Å². The molecule has 2 heterocycles. The van der Waals surface area contributed by atoms with Gasteiger partial charge in [0.1, 0.15) is 6.04 Å². The Balaban J connectivity index is 1.65. The van der Waals surface area contributed by atoms with Crippen molar-refractivity contribution in [2.45, 2.75) is 31.0 Å². The summed E-state index contributed by atoms with van der Waals surface area (Å²) in [4.78, 5) is 45.6. The van der Waals surface area contributed by atoms with Gasteiger partial charge in [-0.15, -0.1) is 0 Å². The molecule has 0 saturated carbocycles. The Labute approximate surface area is 234 Å². The molecular formula is C32H35N3O5. The van der Waals surface area contributed by atoms with Crippen LogP contribution in [0.2, 0.25) is 0 Å². The lowest BCUT2D eigenvalue weighted by molar-refractivity contribution is -0.146. The van der Waals surface area contributed by atoms with Crippen molar-refractivity contribution >= 4 is 17.9 Å². The fraction of sp³-hybridized carbons (Fsp3) is 0.344. The molecule has 1 N–H and O–H groups in total. The Hall–Kier alpha value is -4.17. The second-order valence-corrected chi connectivity index (χ2v) is 10.2. The summed E-state index contributed by atoms with van der Waals surface area (Å²) in [7, 11) is 1.35. The van der Waals surface area contributed by atoms with Gasteiger partial charge in [-0.25, -0.2) is 4.79 Å². The normalized spacial score (nSPS) is 23.4. The van der Waals surface area contributed by atoms with Crippen molar-refractivity contribution in [3.8, 4) is 0 Å². The third-order valence-electron chi connectivity index (χ3n) is 7.89. The monoisotopic (exact) mass is 541 g/mol. The molecule has 3 aromatic rings. The predicted octanol–water partition coefficient (Wildman–Crippen LogP) is 4.31. The standard InChI is InChI=1S/C32H35N3O5/c1-22(23-12-6-3-7-13-23)33-30(36)29-26(24-14-8-4-9-15-24)27(31(37)39-2)28(25-16-10-5-11-17-25)35(29)32(38)34-18-20-40-21-19-34/h3-17,22,26-29H,18-21H2,1-2H3,(H,33,36). The summed E-state index contributed by atoms with van der Waals surface area (Å²) >= 11 is 0. The molecule has 3 aromatic carbocycles. The molecule has 0 aromatic heterocycles. The van der Waals surface area contributed by atoms with Crippen LogP contribution in [0.25, 0.3) is 0 Å². The average Bonchev–Trinajstić information content (AvgIpc) is 3.38. The molecule has 0 spiro atoms. The van der Waals surface area contributed by atoms with Gasteiger partial charge in [-0.3, -0.25) is 9.59 Å². The van der Waals surface area contributed by atoms with E-state index < -0.39 is 29.9 Å². The molecule has 3 amide bonds. The van der Waals surface area contributed by atoms with Crippen LogP contribution in [0.5, 0.6) is 0 Å². The summed E-state index contributed by atoms with van der Waals surface area (Å²) in [6, 6.07) is 26.3. The smallest absolute Gasteiger partial charge is 0.321 e. The maximum atomic E-state index is 14.4. The van der Waals surface area contributed by atoms with E-state index in [1.807, 2.05) is 97.9 Å². The number of urea groups is 1. The van der Waals surface area contributed by atoms with E-state index in [-0.39, 0.29) is 18.0 Å². The Kier molecular flexibility index (Phi) is 8.45. The van der Waals surface area contributed by atoms with Gasteiger partial charge in [0.05, 0.1) is 38.3 Å². The van der Waals surface area contributed by atoms with Crippen LogP contribution in [0.3, 0.4) is 0 Å². The number of hydrogen-bond acceptors (Lipinski definition) is 5. The summed E-state index contributed by atoms with van der Waals surface area (Å²) in [5.74, 6) is -2.22. The number of nitrogens with zero attached hydrogens (tertiary/aromatic N) is 2. The number of rotatable bonds is 6. The molecule has 8 nitrogen and oxygen atoms in total. The molecule has 5 unspecified atom stereocenters. The van der Waals surface area contributed by atoms with E-state index in [1.165, 1.54) is 7.11 Å². The number of morpholine rings is 1. The van der Waals surface area contributed by atoms with E-state index in [2.05, 4.69) is 5.32 Å². The number of likely N-dealkylation sites (tertiary alicyclic amines) is 1. The van der Waals surface area contributed by atoms with Gasteiger partial charge in [-0.2, -0.15) is 0 Å². The zero-order chi connectivity index (χ0) is 28.1. The Morgan fingerprint density at radius 2 is 1.40 bits per heavy atom. The van der Waals surface area contributed by atoms with Crippen LogP contribution in [0.15, 0.2) is 91.0 Å². The van der Waals surface area contributed by atoms with E-state index >= 15 is 0 Å². The second kappa shape index (κ2) is 12.3. The van der Waals surface area contributed by atoms with Gasteiger partial charge in [-0.1, -0.05) is 91.0 Å². The molecule has 2 aliphatic rings. The van der Waals surface area contributed by atoms with Crippen molar-refractivity contribution in [1.82, 2.24) is 15.1 Å². The molecule has 0 bridgehead atoms. The number of nitrogens with one attached hydrogen (secondary N) is 1. The Bertz CT molecular complexity index is 1300. The maximum absolute atomic E-state index is 14.4. The molecular weight excluding hydrogens is 506 g/mol. The number of carbonyl (C=O) groups is 3. The average molecular weight is 542 g/mol. The van der Waals surface area contributed by atoms with E-state index in [1.54, 1.807) is 9.80 Å². The highest BCUT2D eigenvalue weighted by Crippen LogP contribution is 2.51. The molecule has 0 radical (unpaired) electrons. The zero-order valence-electron chi connectivity index (χ0n) is 22.8. The van der Waals surface area contributed by atoms with Gasteiger partial charge >= 0.3 is 12.0 Å². The number of benzene rings is 3. The SMILES string of the molecule is COC(=O)C1C(c2ccccc2)C(C(=O)NC(C)c2ccccc2)N(C(=O)N2CCOCC2)C1c1ccccc1. The molecule has 2 fully saturated rings. The first-order valence-electron chi connectivity index (χ1n) is 13.7. The number of esters is 1. The first-order valence-corrected chi connectivity index (χ1v) is 13.7. The van der Waals surface area contributed by atoms with Crippen LogP contribution in [-0.4, -0.2) is 67.2 Å². The molecule has 2 aliphatic heterocycles. The van der Waals surface area contributed by atoms with Gasteiger partial charge in [0, 0.05) is 19.0 Å². The van der Waals surface area contributed by atoms with Crippen LogP contribution >= 0.6 is 0 Å². The molecule has 5 atom stereocenters. The molecule has 0 aliphatic carbocycles. The number of amides is 3. The molecule has 208 valence electrons. The Morgan fingerprint density at radius 1 is 0.850 bits per heavy atom. The number of methoxy groups -OCH3 is 1.